The molecule has 0 aliphatic carbocycles. The van der Waals surface area contributed by atoms with E-state index in [4.69, 9.17) is 9.47 Å². The van der Waals surface area contributed by atoms with Crippen molar-refractivity contribution in [3.05, 3.63) is 41.3 Å². The lowest BCUT2D eigenvalue weighted by atomic mass is 10.2. The summed E-state index contributed by atoms with van der Waals surface area (Å²) in [6.07, 6.45) is -0.712. The van der Waals surface area contributed by atoms with Gasteiger partial charge in [0.25, 0.3) is 5.91 Å². The number of hydrogen-bond donors (Lipinski definition) is 1. The fourth-order valence-electron chi connectivity index (χ4n) is 2.29. The van der Waals surface area contributed by atoms with Gasteiger partial charge >= 0.3 is 0 Å². The molecule has 3 heterocycles. The summed E-state index contributed by atoms with van der Waals surface area (Å²) in [7, 11) is 0. The minimum atomic E-state index is -0.712. The van der Waals surface area contributed by atoms with E-state index in [2.05, 4.69) is 15.5 Å². The number of amides is 1. The number of anilines is 1. The number of nitrogens with one attached hydrogen (secondary N) is 1. The van der Waals surface area contributed by atoms with E-state index in [1.165, 1.54) is 11.3 Å². The van der Waals surface area contributed by atoms with Crippen molar-refractivity contribution in [1.82, 2.24) is 10.2 Å². The molecule has 1 aliphatic heterocycles. The van der Waals surface area contributed by atoms with Crippen LogP contribution in [-0.2, 0) is 4.79 Å². The van der Waals surface area contributed by atoms with E-state index < -0.39 is 6.10 Å². The van der Waals surface area contributed by atoms with Gasteiger partial charge in [0, 0.05) is 0 Å². The van der Waals surface area contributed by atoms with E-state index in [0.29, 0.717) is 16.6 Å². The number of rotatable bonds is 3. The second-order valence-corrected chi connectivity index (χ2v) is 7.09. The second kappa shape index (κ2) is 6.21. The average molecular weight is 359 g/mol. The van der Waals surface area contributed by atoms with Crippen LogP contribution >= 0.6 is 22.7 Å². The van der Waals surface area contributed by atoms with Gasteiger partial charge in [0.1, 0.15) is 6.61 Å². The van der Waals surface area contributed by atoms with Gasteiger partial charge in [0.05, 0.1) is 4.88 Å². The van der Waals surface area contributed by atoms with Crippen LogP contribution in [-0.4, -0.2) is 28.8 Å². The van der Waals surface area contributed by atoms with Crippen molar-refractivity contribution in [3.63, 3.8) is 0 Å². The molecule has 0 bridgehead atoms. The molecular weight excluding hydrogens is 346 g/mol. The fourth-order valence-corrected chi connectivity index (χ4v) is 4.12. The molecule has 0 saturated carbocycles. The third kappa shape index (κ3) is 2.85. The first-order valence-electron chi connectivity index (χ1n) is 7.28. The molecule has 1 atom stereocenters. The van der Waals surface area contributed by atoms with Gasteiger partial charge in [-0.25, -0.2) is 0 Å². The summed E-state index contributed by atoms with van der Waals surface area (Å²) >= 11 is 2.95. The van der Waals surface area contributed by atoms with E-state index in [0.717, 1.165) is 15.4 Å². The minimum Gasteiger partial charge on any atom is -0.485 e. The third-order valence-corrected chi connectivity index (χ3v) is 5.52. The molecule has 0 unspecified atom stereocenters. The van der Waals surface area contributed by atoms with Gasteiger partial charge < -0.3 is 9.47 Å². The first kappa shape index (κ1) is 15.1. The van der Waals surface area contributed by atoms with Gasteiger partial charge in [-0.15, -0.1) is 21.5 Å². The number of nitrogens with zero attached hydrogens (tertiary/aromatic N) is 2. The summed E-state index contributed by atoms with van der Waals surface area (Å²) in [6.45, 7) is 2.19. The molecule has 3 aromatic rings. The second-order valence-electron chi connectivity index (χ2n) is 5.20. The highest BCUT2D eigenvalue weighted by Gasteiger charge is 2.28. The van der Waals surface area contributed by atoms with Gasteiger partial charge in [0.2, 0.25) is 11.2 Å². The number of carbonyl (C=O) groups excluding carboxylic acids is 1. The predicted molar refractivity (Wildman–Crippen MR) is 92.9 cm³/mol. The van der Waals surface area contributed by atoms with Crippen LogP contribution in [0.15, 0.2) is 35.7 Å². The molecule has 2 aromatic heterocycles. The molecule has 1 aromatic carbocycles. The lowest BCUT2D eigenvalue weighted by molar-refractivity contribution is -0.125. The van der Waals surface area contributed by atoms with Crippen LogP contribution in [0.25, 0.3) is 9.88 Å². The van der Waals surface area contributed by atoms with Gasteiger partial charge in [0.15, 0.2) is 16.5 Å². The van der Waals surface area contributed by atoms with E-state index in [1.54, 1.807) is 17.4 Å². The van der Waals surface area contributed by atoms with Crippen molar-refractivity contribution in [2.75, 3.05) is 11.9 Å². The van der Waals surface area contributed by atoms with Gasteiger partial charge in [-0.05, 0) is 36.1 Å². The first-order chi connectivity index (χ1) is 11.7. The fraction of sp³-hybridized carbons (Fsp3) is 0.188. The topological polar surface area (TPSA) is 73.3 Å². The van der Waals surface area contributed by atoms with Crippen molar-refractivity contribution < 1.29 is 14.3 Å². The summed E-state index contributed by atoms with van der Waals surface area (Å²) in [6, 6.07) is 9.31. The largest absolute Gasteiger partial charge is 0.485 e. The maximum Gasteiger partial charge on any atom is 0.270 e. The first-order valence-corrected chi connectivity index (χ1v) is 8.97. The third-order valence-electron chi connectivity index (χ3n) is 3.51. The average Bonchev–Trinajstić information content (AvgIpc) is 3.23. The SMILES string of the molecule is Cc1ccsc1-c1nnc(NC(=O)[C@H]2COc3ccccc3O2)s1. The standard InChI is InChI=1S/C16H13N3O3S2/c1-9-6-7-23-13(9)15-18-19-16(24-15)17-14(20)12-8-21-10-4-2-3-5-11(10)22-12/h2-7,12H,8H2,1H3,(H,17,19,20)/t12-/m1/s1. The summed E-state index contributed by atoms with van der Waals surface area (Å²) in [4.78, 5) is 13.4. The number of carbonyl (C=O) groups is 1. The Balaban J connectivity index is 1.46. The van der Waals surface area contributed by atoms with Gasteiger partial charge in [-0.2, -0.15) is 0 Å². The van der Waals surface area contributed by atoms with Crippen molar-refractivity contribution in [3.8, 4) is 21.4 Å². The van der Waals surface area contributed by atoms with Crippen LogP contribution in [0.2, 0.25) is 0 Å². The zero-order chi connectivity index (χ0) is 16.5. The molecule has 8 heteroatoms. The Bertz CT molecular complexity index is 890. The van der Waals surface area contributed by atoms with E-state index >= 15 is 0 Å². The number of ether oxygens (including phenoxy) is 2. The zero-order valence-electron chi connectivity index (χ0n) is 12.7. The Morgan fingerprint density at radius 1 is 1.25 bits per heavy atom. The summed E-state index contributed by atoms with van der Waals surface area (Å²) in [5.41, 5.74) is 1.15. The van der Waals surface area contributed by atoms with Gasteiger partial charge in [-0.3, -0.25) is 10.1 Å². The summed E-state index contributed by atoms with van der Waals surface area (Å²) in [5, 5.41) is 14.2. The number of aromatic nitrogens is 2. The Hall–Kier alpha value is -2.45. The number of aryl methyl sites for hydroxylation is 1. The predicted octanol–water partition coefficient (Wildman–Crippen LogP) is 3.35. The zero-order valence-corrected chi connectivity index (χ0v) is 14.3. The van der Waals surface area contributed by atoms with Crippen molar-refractivity contribution >= 4 is 33.7 Å². The highest BCUT2D eigenvalue weighted by atomic mass is 32.1. The molecule has 122 valence electrons. The van der Waals surface area contributed by atoms with Crippen LogP contribution in [0.1, 0.15) is 5.56 Å². The van der Waals surface area contributed by atoms with Crippen LogP contribution < -0.4 is 14.8 Å². The minimum absolute atomic E-state index is 0.165. The molecule has 4 rings (SSSR count). The number of benzene rings is 1. The van der Waals surface area contributed by atoms with Crippen molar-refractivity contribution in [2.24, 2.45) is 0 Å². The lowest BCUT2D eigenvalue weighted by Gasteiger charge is -2.25. The Kier molecular flexibility index (Phi) is 3.91. The molecular formula is C16H13N3O3S2. The van der Waals surface area contributed by atoms with E-state index in [-0.39, 0.29) is 12.5 Å². The quantitative estimate of drug-likeness (QED) is 0.776. The molecule has 0 spiro atoms. The molecule has 1 amide bonds. The molecule has 0 fully saturated rings. The van der Waals surface area contributed by atoms with Crippen LogP contribution in [0.4, 0.5) is 5.13 Å². The Labute approximate surface area is 146 Å². The van der Waals surface area contributed by atoms with Crippen molar-refractivity contribution in [1.29, 1.82) is 0 Å². The molecule has 24 heavy (non-hydrogen) atoms. The van der Waals surface area contributed by atoms with Crippen LogP contribution in [0, 0.1) is 6.92 Å². The van der Waals surface area contributed by atoms with Crippen LogP contribution in [0.5, 0.6) is 11.5 Å². The monoisotopic (exact) mass is 359 g/mol. The highest BCUT2D eigenvalue weighted by Crippen LogP contribution is 2.34. The Morgan fingerprint density at radius 3 is 2.88 bits per heavy atom. The van der Waals surface area contributed by atoms with E-state index in [1.807, 2.05) is 36.6 Å². The number of fused-ring (bicyclic) bond motifs is 1. The number of hydrogen-bond acceptors (Lipinski definition) is 7. The normalized spacial score (nSPS) is 16.0. The number of para-hydroxylation sites is 2. The molecule has 0 saturated heterocycles. The molecule has 1 aliphatic rings. The Morgan fingerprint density at radius 2 is 2.08 bits per heavy atom. The maximum atomic E-state index is 12.4. The number of thiophene rings is 1. The highest BCUT2D eigenvalue weighted by molar-refractivity contribution is 7.23. The summed E-state index contributed by atoms with van der Waals surface area (Å²) in [5.74, 6) is 0.916. The van der Waals surface area contributed by atoms with E-state index in [9.17, 15) is 4.79 Å². The molecule has 1 N–H and O–H groups in total. The smallest absolute Gasteiger partial charge is 0.270 e. The van der Waals surface area contributed by atoms with Crippen molar-refractivity contribution in [2.45, 2.75) is 13.0 Å². The molecule has 6 nitrogen and oxygen atoms in total. The van der Waals surface area contributed by atoms with Crippen LogP contribution in [0.3, 0.4) is 0 Å². The maximum absolute atomic E-state index is 12.4. The summed E-state index contributed by atoms with van der Waals surface area (Å²) < 4.78 is 11.2. The molecule has 0 radical (unpaired) electrons. The van der Waals surface area contributed by atoms with Gasteiger partial charge in [-0.1, -0.05) is 23.5 Å². The lowest BCUT2D eigenvalue weighted by Crippen LogP contribution is -2.40.